The van der Waals surface area contributed by atoms with Crippen molar-refractivity contribution in [3.63, 3.8) is 0 Å². The Morgan fingerprint density at radius 3 is 2.82 bits per heavy atom. The van der Waals surface area contributed by atoms with Crippen molar-refractivity contribution in [1.82, 2.24) is 10.1 Å². The number of thioether (sulfide) groups is 1. The number of nitrogens with two attached hydrogens (primary N) is 1. The Kier molecular flexibility index (Phi) is 6.58. The predicted molar refractivity (Wildman–Crippen MR) is 71.9 cm³/mol. The highest BCUT2D eigenvalue weighted by atomic mass is 32.2. The summed E-state index contributed by atoms with van der Waals surface area (Å²) in [5.41, 5.74) is 5.57. The highest BCUT2D eigenvalue weighted by Crippen LogP contribution is 2.18. The van der Waals surface area contributed by atoms with E-state index in [1.807, 2.05) is 11.8 Å². The molecule has 98 valence electrons. The smallest absolute Gasteiger partial charge is 0.226 e. The van der Waals surface area contributed by atoms with E-state index >= 15 is 0 Å². The fourth-order valence-corrected chi connectivity index (χ4v) is 2.06. The zero-order valence-electron chi connectivity index (χ0n) is 11.0. The molecular formula is C12H23N3OS. The summed E-state index contributed by atoms with van der Waals surface area (Å²) in [5.74, 6) is 2.90. The molecule has 2 atom stereocenters. The third kappa shape index (κ3) is 5.55. The Hall–Kier alpha value is -0.550. The van der Waals surface area contributed by atoms with Crippen molar-refractivity contribution in [1.29, 1.82) is 0 Å². The van der Waals surface area contributed by atoms with Gasteiger partial charge < -0.3 is 10.3 Å². The van der Waals surface area contributed by atoms with Gasteiger partial charge in [0.1, 0.15) is 0 Å². The zero-order valence-corrected chi connectivity index (χ0v) is 11.8. The Morgan fingerprint density at radius 2 is 2.18 bits per heavy atom. The molecule has 2 unspecified atom stereocenters. The first-order chi connectivity index (χ1) is 8.15. The van der Waals surface area contributed by atoms with Crippen molar-refractivity contribution >= 4 is 11.8 Å². The molecule has 17 heavy (non-hydrogen) atoms. The van der Waals surface area contributed by atoms with E-state index in [1.54, 1.807) is 0 Å². The summed E-state index contributed by atoms with van der Waals surface area (Å²) < 4.78 is 5.21. The molecule has 0 amide bonds. The molecular weight excluding hydrogens is 234 g/mol. The van der Waals surface area contributed by atoms with Gasteiger partial charge in [-0.15, -0.1) is 0 Å². The van der Waals surface area contributed by atoms with Gasteiger partial charge in [0.25, 0.3) is 0 Å². The molecule has 0 aliphatic heterocycles. The Balaban J connectivity index is 2.32. The van der Waals surface area contributed by atoms with Crippen LogP contribution in [0.25, 0.3) is 0 Å². The van der Waals surface area contributed by atoms with Gasteiger partial charge in [0.15, 0.2) is 5.82 Å². The van der Waals surface area contributed by atoms with Crippen LogP contribution in [0.1, 0.15) is 45.3 Å². The molecule has 1 aromatic heterocycles. The molecule has 4 nitrogen and oxygen atoms in total. The van der Waals surface area contributed by atoms with Crippen molar-refractivity contribution in [2.75, 3.05) is 6.54 Å². The molecule has 0 bridgehead atoms. The molecule has 0 fully saturated rings. The number of nitrogens with zero attached hydrogens (tertiary/aromatic N) is 2. The van der Waals surface area contributed by atoms with E-state index in [9.17, 15) is 0 Å². The van der Waals surface area contributed by atoms with Gasteiger partial charge in [-0.3, -0.25) is 0 Å². The molecule has 1 heterocycles. The molecule has 0 aliphatic rings. The zero-order chi connectivity index (χ0) is 12.7. The van der Waals surface area contributed by atoms with Crippen LogP contribution in [0.2, 0.25) is 0 Å². The van der Waals surface area contributed by atoms with Crippen LogP contribution < -0.4 is 5.73 Å². The van der Waals surface area contributed by atoms with Gasteiger partial charge in [0.2, 0.25) is 5.89 Å². The van der Waals surface area contributed by atoms with Crippen LogP contribution in [0.15, 0.2) is 4.52 Å². The lowest BCUT2D eigenvalue weighted by molar-refractivity contribution is 0.362. The number of rotatable bonds is 8. The Morgan fingerprint density at radius 1 is 1.41 bits per heavy atom. The third-order valence-corrected chi connectivity index (χ3v) is 4.16. The topological polar surface area (TPSA) is 64.9 Å². The van der Waals surface area contributed by atoms with Crippen molar-refractivity contribution in [3.8, 4) is 0 Å². The Labute approximate surface area is 108 Å². The van der Waals surface area contributed by atoms with E-state index in [4.69, 9.17) is 10.3 Å². The van der Waals surface area contributed by atoms with Gasteiger partial charge in [0.05, 0.1) is 5.75 Å². The van der Waals surface area contributed by atoms with Gasteiger partial charge >= 0.3 is 0 Å². The molecule has 5 heteroatoms. The monoisotopic (exact) mass is 257 g/mol. The number of aryl methyl sites for hydroxylation is 1. The molecule has 0 saturated heterocycles. The highest BCUT2D eigenvalue weighted by Gasteiger charge is 2.09. The van der Waals surface area contributed by atoms with E-state index in [-0.39, 0.29) is 0 Å². The summed E-state index contributed by atoms with van der Waals surface area (Å²) in [4.78, 5) is 4.38. The van der Waals surface area contributed by atoms with Gasteiger partial charge in [-0.25, -0.2) is 0 Å². The van der Waals surface area contributed by atoms with Crippen molar-refractivity contribution in [2.24, 2.45) is 11.7 Å². The first-order valence-corrected chi connectivity index (χ1v) is 7.33. The van der Waals surface area contributed by atoms with Crippen LogP contribution in [0, 0.1) is 5.92 Å². The van der Waals surface area contributed by atoms with Crippen LogP contribution in [0.4, 0.5) is 0 Å². The molecule has 1 rings (SSSR count). The van der Waals surface area contributed by atoms with Gasteiger partial charge in [-0.2, -0.15) is 16.7 Å². The number of hydrogen-bond donors (Lipinski definition) is 1. The minimum absolute atomic E-state index is 0.514. The quantitative estimate of drug-likeness (QED) is 0.775. The van der Waals surface area contributed by atoms with E-state index < -0.39 is 0 Å². The summed E-state index contributed by atoms with van der Waals surface area (Å²) in [7, 11) is 0. The second-order valence-corrected chi connectivity index (χ2v) is 5.94. The highest BCUT2D eigenvalue weighted by molar-refractivity contribution is 7.99. The summed E-state index contributed by atoms with van der Waals surface area (Å²) in [5, 5.41) is 4.64. The molecule has 0 aromatic carbocycles. The maximum absolute atomic E-state index is 5.57. The Bertz CT molecular complexity index is 288. The minimum atomic E-state index is 0.514. The summed E-state index contributed by atoms with van der Waals surface area (Å²) in [6, 6.07) is 0. The SMILES string of the molecule is CCC(C)SCc1noc(CCC(C)CN)n1. The standard InChI is InChI=1S/C12H23N3OS/c1-4-10(3)17-8-11-14-12(16-15-11)6-5-9(2)7-13/h9-10H,4-8,13H2,1-3H3. The molecule has 0 saturated carbocycles. The first-order valence-electron chi connectivity index (χ1n) is 6.28. The van der Waals surface area contributed by atoms with Gasteiger partial charge in [-0.1, -0.05) is 25.9 Å². The van der Waals surface area contributed by atoms with Crippen molar-refractivity contribution in [2.45, 2.75) is 51.0 Å². The summed E-state index contributed by atoms with van der Waals surface area (Å²) >= 11 is 1.87. The summed E-state index contributed by atoms with van der Waals surface area (Å²) in [6.45, 7) is 7.25. The lowest BCUT2D eigenvalue weighted by Gasteiger charge is -2.04. The van der Waals surface area contributed by atoms with Crippen LogP contribution >= 0.6 is 11.8 Å². The van der Waals surface area contributed by atoms with Crippen LogP contribution in [-0.4, -0.2) is 21.9 Å². The van der Waals surface area contributed by atoms with E-state index in [0.717, 1.165) is 30.3 Å². The summed E-state index contributed by atoms with van der Waals surface area (Å²) in [6.07, 6.45) is 3.01. The van der Waals surface area contributed by atoms with Crippen LogP contribution in [0.5, 0.6) is 0 Å². The lowest BCUT2D eigenvalue weighted by Crippen LogP contribution is -2.11. The molecule has 1 aromatic rings. The molecule has 0 aliphatic carbocycles. The first kappa shape index (κ1) is 14.5. The van der Waals surface area contributed by atoms with Crippen LogP contribution in [0.3, 0.4) is 0 Å². The van der Waals surface area contributed by atoms with E-state index in [0.29, 0.717) is 17.7 Å². The van der Waals surface area contributed by atoms with E-state index in [2.05, 4.69) is 30.9 Å². The third-order valence-electron chi connectivity index (χ3n) is 2.84. The maximum atomic E-state index is 5.57. The number of hydrogen-bond acceptors (Lipinski definition) is 5. The minimum Gasteiger partial charge on any atom is -0.339 e. The average Bonchev–Trinajstić information content (AvgIpc) is 2.80. The van der Waals surface area contributed by atoms with E-state index in [1.165, 1.54) is 6.42 Å². The maximum Gasteiger partial charge on any atom is 0.226 e. The van der Waals surface area contributed by atoms with Crippen LogP contribution in [-0.2, 0) is 12.2 Å². The molecule has 0 radical (unpaired) electrons. The van der Waals surface area contributed by atoms with Gasteiger partial charge in [-0.05, 0) is 25.3 Å². The largest absolute Gasteiger partial charge is 0.339 e. The molecule has 0 spiro atoms. The predicted octanol–water partition coefficient (Wildman–Crippen LogP) is 2.63. The normalized spacial score (nSPS) is 14.8. The fourth-order valence-electron chi connectivity index (χ4n) is 1.27. The van der Waals surface area contributed by atoms with Crippen molar-refractivity contribution in [3.05, 3.63) is 11.7 Å². The van der Waals surface area contributed by atoms with Crippen molar-refractivity contribution < 1.29 is 4.52 Å². The number of aromatic nitrogens is 2. The second kappa shape index (κ2) is 7.71. The van der Waals surface area contributed by atoms with Gasteiger partial charge in [0, 0.05) is 11.7 Å². The lowest BCUT2D eigenvalue weighted by atomic mass is 10.1. The molecule has 2 N–H and O–H groups in total. The second-order valence-electron chi connectivity index (χ2n) is 4.51. The average molecular weight is 257 g/mol. The fraction of sp³-hybridized carbons (Fsp3) is 0.833.